The number of hydrogen-bond acceptors (Lipinski definition) is 5. The van der Waals surface area contributed by atoms with Crippen LogP contribution in [-0.2, 0) is 19.1 Å². The third-order valence-corrected chi connectivity index (χ3v) is 3.83. The van der Waals surface area contributed by atoms with Crippen LogP contribution >= 0.6 is 0 Å². The zero-order valence-electron chi connectivity index (χ0n) is 15.0. The number of esters is 1. The SMILES string of the molecule is CNC(=O)CN(C)C(=O)COC(=O)CCC(=O)c1ccc(C)c(C)c1. The van der Waals surface area contributed by atoms with Gasteiger partial charge in [-0.25, -0.2) is 0 Å². The van der Waals surface area contributed by atoms with Gasteiger partial charge in [-0.15, -0.1) is 0 Å². The number of rotatable bonds is 8. The first-order valence-corrected chi connectivity index (χ1v) is 7.95. The molecule has 25 heavy (non-hydrogen) atoms. The summed E-state index contributed by atoms with van der Waals surface area (Å²) < 4.78 is 4.86. The van der Waals surface area contributed by atoms with Gasteiger partial charge in [-0.2, -0.15) is 0 Å². The number of aryl methyl sites for hydroxylation is 2. The molecule has 0 bridgehead atoms. The Morgan fingerprint density at radius 1 is 1.08 bits per heavy atom. The van der Waals surface area contributed by atoms with E-state index in [4.69, 9.17) is 4.74 Å². The molecule has 1 aromatic carbocycles. The molecule has 0 saturated heterocycles. The van der Waals surface area contributed by atoms with Gasteiger partial charge in [0.1, 0.15) is 0 Å². The third-order valence-electron chi connectivity index (χ3n) is 3.83. The Bertz CT molecular complexity index is 669. The second kappa shape index (κ2) is 9.56. The molecule has 0 saturated carbocycles. The smallest absolute Gasteiger partial charge is 0.306 e. The lowest BCUT2D eigenvalue weighted by molar-refractivity contribution is -0.151. The van der Waals surface area contributed by atoms with Gasteiger partial charge in [0.05, 0.1) is 13.0 Å². The lowest BCUT2D eigenvalue weighted by atomic mass is 10.0. The Kier molecular flexibility index (Phi) is 7.78. The van der Waals surface area contributed by atoms with Gasteiger partial charge in [0.15, 0.2) is 12.4 Å². The Morgan fingerprint density at radius 3 is 2.36 bits per heavy atom. The molecule has 0 aliphatic rings. The van der Waals surface area contributed by atoms with Crippen molar-refractivity contribution in [3.63, 3.8) is 0 Å². The molecule has 0 radical (unpaired) electrons. The fourth-order valence-electron chi connectivity index (χ4n) is 1.98. The molecular formula is C18H24N2O5. The van der Waals surface area contributed by atoms with Crippen molar-refractivity contribution in [1.82, 2.24) is 10.2 Å². The number of ether oxygens (including phenoxy) is 1. The predicted molar refractivity (Wildman–Crippen MR) is 92.1 cm³/mol. The van der Waals surface area contributed by atoms with Crippen molar-refractivity contribution in [2.45, 2.75) is 26.7 Å². The molecule has 0 spiro atoms. The standard InChI is InChI=1S/C18H24N2O5/c1-12-5-6-14(9-13(12)2)15(21)7-8-18(24)25-11-17(23)20(4)10-16(22)19-3/h5-6,9H,7-8,10-11H2,1-4H3,(H,19,22). The van der Waals surface area contributed by atoms with Crippen LogP contribution < -0.4 is 5.32 Å². The molecule has 0 unspecified atom stereocenters. The van der Waals surface area contributed by atoms with Gasteiger partial charge < -0.3 is 15.0 Å². The second-order valence-corrected chi connectivity index (χ2v) is 5.81. The van der Waals surface area contributed by atoms with Crippen LogP contribution in [0.5, 0.6) is 0 Å². The van der Waals surface area contributed by atoms with Crippen molar-refractivity contribution in [1.29, 1.82) is 0 Å². The van der Waals surface area contributed by atoms with E-state index >= 15 is 0 Å². The van der Waals surface area contributed by atoms with Gasteiger partial charge in [0.25, 0.3) is 5.91 Å². The number of amides is 2. The largest absolute Gasteiger partial charge is 0.456 e. The number of hydrogen-bond donors (Lipinski definition) is 1. The van der Waals surface area contributed by atoms with Crippen LogP contribution in [0.2, 0.25) is 0 Å². The quantitative estimate of drug-likeness (QED) is 0.559. The minimum absolute atomic E-state index is 0.0175. The Labute approximate surface area is 147 Å². The van der Waals surface area contributed by atoms with Crippen molar-refractivity contribution >= 4 is 23.6 Å². The molecule has 0 atom stereocenters. The van der Waals surface area contributed by atoms with Gasteiger partial charge in [-0.05, 0) is 31.0 Å². The van der Waals surface area contributed by atoms with Crippen LogP contribution in [0.3, 0.4) is 0 Å². The molecule has 7 nitrogen and oxygen atoms in total. The van der Waals surface area contributed by atoms with Crippen LogP contribution in [0.1, 0.15) is 34.3 Å². The van der Waals surface area contributed by atoms with E-state index in [0.29, 0.717) is 5.56 Å². The van der Waals surface area contributed by atoms with E-state index in [0.717, 1.165) is 16.0 Å². The highest BCUT2D eigenvalue weighted by Crippen LogP contribution is 2.12. The Hall–Kier alpha value is -2.70. The maximum Gasteiger partial charge on any atom is 0.306 e. The molecule has 2 amide bonds. The maximum absolute atomic E-state index is 12.1. The maximum atomic E-state index is 12.1. The van der Waals surface area contributed by atoms with Crippen molar-refractivity contribution < 1.29 is 23.9 Å². The first kappa shape index (κ1) is 20.3. The van der Waals surface area contributed by atoms with Gasteiger partial charge in [0.2, 0.25) is 5.91 Å². The molecule has 1 aromatic rings. The highest BCUT2D eigenvalue weighted by molar-refractivity contribution is 5.97. The molecule has 0 aromatic heterocycles. The number of Topliss-reactive ketones (excluding diaryl/α,β-unsaturated/α-hetero) is 1. The fraction of sp³-hybridized carbons (Fsp3) is 0.444. The lowest BCUT2D eigenvalue weighted by Gasteiger charge is -2.15. The van der Waals surface area contributed by atoms with Crippen LogP contribution in [0.4, 0.5) is 0 Å². The summed E-state index contributed by atoms with van der Waals surface area (Å²) in [5.74, 6) is -1.58. The molecule has 0 aliphatic heterocycles. The predicted octanol–water partition coefficient (Wildman–Crippen LogP) is 1.01. The highest BCUT2D eigenvalue weighted by Gasteiger charge is 2.15. The van der Waals surface area contributed by atoms with E-state index in [2.05, 4.69) is 5.32 Å². The molecule has 1 N–H and O–H groups in total. The van der Waals surface area contributed by atoms with Gasteiger partial charge in [-0.1, -0.05) is 12.1 Å². The van der Waals surface area contributed by atoms with Crippen LogP contribution in [-0.4, -0.2) is 55.7 Å². The summed E-state index contributed by atoms with van der Waals surface area (Å²) in [5, 5.41) is 2.39. The van der Waals surface area contributed by atoms with Gasteiger partial charge in [-0.3, -0.25) is 19.2 Å². The molecular weight excluding hydrogens is 324 g/mol. The van der Waals surface area contributed by atoms with Crippen molar-refractivity contribution in [3.05, 3.63) is 34.9 Å². The van der Waals surface area contributed by atoms with Crippen LogP contribution in [0.25, 0.3) is 0 Å². The molecule has 1 rings (SSSR count). The summed E-state index contributed by atoms with van der Waals surface area (Å²) in [5.41, 5.74) is 2.66. The summed E-state index contributed by atoms with van der Waals surface area (Å²) in [6, 6.07) is 5.38. The van der Waals surface area contributed by atoms with Gasteiger partial charge in [0, 0.05) is 26.1 Å². The molecule has 0 aliphatic carbocycles. The zero-order valence-corrected chi connectivity index (χ0v) is 15.0. The summed E-state index contributed by atoms with van der Waals surface area (Å²) in [4.78, 5) is 47.8. The number of carbonyl (C=O) groups excluding carboxylic acids is 4. The number of carbonyl (C=O) groups is 4. The molecule has 7 heteroatoms. The van der Waals surface area contributed by atoms with E-state index in [1.165, 1.54) is 14.1 Å². The number of nitrogens with one attached hydrogen (secondary N) is 1. The number of nitrogens with zero attached hydrogens (tertiary/aromatic N) is 1. The number of ketones is 1. The fourth-order valence-corrected chi connectivity index (χ4v) is 1.98. The summed E-state index contributed by atoms with van der Waals surface area (Å²) in [6.07, 6.45) is -0.0815. The van der Waals surface area contributed by atoms with Crippen molar-refractivity contribution in [3.8, 4) is 0 Å². The normalized spacial score (nSPS) is 10.1. The molecule has 136 valence electrons. The van der Waals surface area contributed by atoms with Crippen molar-refractivity contribution in [2.75, 3.05) is 27.2 Å². The topological polar surface area (TPSA) is 92.8 Å². The number of benzene rings is 1. The molecule has 0 fully saturated rings. The molecule has 0 heterocycles. The lowest BCUT2D eigenvalue weighted by Crippen LogP contribution is -2.39. The first-order chi connectivity index (χ1) is 11.7. The monoisotopic (exact) mass is 348 g/mol. The summed E-state index contributed by atoms with van der Waals surface area (Å²) >= 11 is 0. The highest BCUT2D eigenvalue weighted by atomic mass is 16.5. The van der Waals surface area contributed by atoms with Gasteiger partial charge >= 0.3 is 5.97 Å². The van der Waals surface area contributed by atoms with Crippen molar-refractivity contribution in [2.24, 2.45) is 0 Å². The van der Waals surface area contributed by atoms with Crippen LogP contribution in [0, 0.1) is 13.8 Å². The van der Waals surface area contributed by atoms with Crippen LogP contribution in [0.15, 0.2) is 18.2 Å². The van der Waals surface area contributed by atoms with E-state index in [1.54, 1.807) is 12.1 Å². The second-order valence-electron chi connectivity index (χ2n) is 5.81. The summed E-state index contributed by atoms with van der Waals surface area (Å²) in [6.45, 7) is 3.31. The zero-order chi connectivity index (χ0) is 19.0. The minimum Gasteiger partial charge on any atom is -0.456 e. The third kappa shape index (κ3) is 6.74. The number of likely N-dealkylation sites (N-methyl/N-ethyl adjacent to an activating group) is 2. The van der Waals surface area contributed by atoms with E-state index < -0.39 is 18.5 Å². The average molecular weight is 348 g/mol. The first-order valence-electron chi connectivity index (χ1n) is 7.95. The Morgan fingerprint density at radius 2 is 1.76 bits per heavy atom. The average Bonchev–Trinajstić information content (AvgIpc) is 2.59. The van der Waals surface area contributed by atoms with E-state index in [-0.39, 0.29) is 31.1 Å². The minimum atomic E-state index is -0.626. The summed E-state index contributed by atoms with van der Waals surface area (Å²) in [7, 11) is 2.90. The van der Waals surface area contributed by atoms with E-state index in [1.807, 2.05) is 19.9 Å². The Balaban J connectivity index is 2.39. The van der Waals surface area contributed by atoms with E-state index in [9.17, 15) is 19.2 Å².